The molecule has 2 aliphatic rings. The molecule has 0 amide bonds. The predicted molar refractivity (Wildman–Crippen MR) is 67.1 cm³/mol. The van der Waals surface area contributed by atoms with E-state index in [9.17, 15) is 4.79 Å². The van der Waals surface area contributed by atoms with E-state index in [0.717, 1.165) is 24.7 Å². The van der Waals surface area contributed by atoms with Gasteiger partial charge in [-0.1, -0.05) is 25.7 Å². The molecule has 0 spiro atoms. The van der Waals surface area contributed by atoms with Crippen LogP contribution in [0.3, 0.4) is 0 Å². The molecule has 0 N–H and O–H groups in total. The maximum Gasteiger partial charge on any atom is 0.145 e. The Bertz CT molecular complexity index is 328. The first kappa shape index (κ1) is 11.6. The Morgan fingerprint density at radius 1 is 1.50 bits per heavy atom. The number of allylic oxidation sites excluding steroid dienone is 2. The molecule has 2 fully saturated rings. The van der Waals surface area contributed by atoms with Gasteiger partial charge in [0, 0.05) is 0 Å². The van der Waals surface area contributed by atoms with Gasteiger partial charge in [-0.15, -0.1) is 0 Å². The van der Waals surface area contributed by atoms with Crippen molar-refractivity contribution in [1.29, 1.82) is 0 Å². The largest absolute Gasteiger partial charge is 0.298 e. The van der Waals surface area contributed by atoms with Crippen molar-refractivity contribution in [2.75, 3.05) is 0 Å². The smallest absolute Gasteiger partial charge is 0.145 e. The number of carbonyl (C=O) groups is 1. The maximum absolute atomic E-state index is 10.8. The summed E-state index contributed by atoms with van der Waals surface area (Å²) in [6, 6.07) is 0. The molecule has 1 unspecified atom stereocenters. The Hall–Kier alpha value is -0.850. The summed E-state index contributed by atoms with van der Waals surface area (Å²) in [4.78, 5) is 10.8. The second-order valence-electron chi connectivity index (χ2n) is 5.88. The third-order valence-electron chi connectivity index (χ3n) is 4.84. The Labute approximate surface area is 98.6 Å². The summed E-state index contributed by atoms with van der Waals surface area (Å²) < 4.78 is 0. The van der Waals surface area contributed by atoms with E-state index >= 15 is 0 Å². The highest BCUT2D eigenvalue weighted by molar-refractivity contribution is 5.72. The molecular formula is C15H22O. The van der Waals surface area contributed by atoms with E-state index in [1.165, 1.54) is 31.3 Å². The van der Waals surface area contributed by atoms with E-state index < -0.39 is 0 Å². The zero-order valence-corrected chi connectivity index (χ0v) is 10.3. The van der Waals surface area contributed by atoms with Gasteiger partial charge >= 0.3 is 0 Å². The molecule has 0 bridgehead atoms. The van der Waals surface area contributed by atoms with Gasteiger partial charge in [-0.25, -0.2) is 0 Å². The van der Waals surface area contributed by atoms with Crippen LogP contribution in [-0.4, -0.2) is 6.29 Å². The van der Waals surface area contributed by atoms with E-state index in [4.69, 9.17) is 0 Å². The Balaban J connectivity index is 2.15. The molecule has 1 heteroatoms. The van der Waals surface area contributed by atoms with Gasteiger partial charge in [-0.2, -0.15) is 0 Å². The monoisotopic (exact) mass is 218 g/mol. The second kappa shape index (κ2) is 4.20. The fourth-order valence-corrected chi connectivity index (χ4v) is 3.65. The quantitative estimate of drug-likeness (QED) is 0.390. The minimum absolute atomic E-state index is 0.408. The lowest BCUT2D eigenvalue weighted by atomic mass is 9.56. The number of hydrogen-bond donors (Lipinski definition) is 0. The molecule has 16 heavy (non-hydrogen) atoms. The van der Waals surface area contributed by atoms with Crippen LogP contribution in [0.15, 0.2) is 24.3 Å². The fourth-order valence-electron chi connectivity index (χ4n) is 3.65. The highest BCUT2D eigenvalue weighted by Gasteiger charge is 2.43. The van der Waals surface area contributed by atoms with Gasteiger partial charge in [0.1, 0.15) is 6.29 Å². The third kappa shape index (κ3) is 1.88. The first-order valence-electron chi connectivity index (χ1n) is 6.38. The first-order valence-corrected chi connectivity index (χ1v) is 6.38. The van der Waals surface area contributed by atoms with E-state index in [0.29, 0.717) is 17.3 Å². The van der Waals surface area contributed by atoms with Crippen LogP contribution in [0, 0.1) is 17.3 Å². The SMILES string of the molecule is C=C1CCC[C@]2(C)CC[C@@H](C(=C)C=O)CC12. The topological polar surface area (TPSA) is 17.1 Å². The standard InChI is InChI=1S/C15H22O/c1-11-5-4-7-15(3)8-6-13(9-14(11)15)12(2)10-16/h10,13-14H,1-2,4-9H2,3H3/t13-,14?,15-/m1/s1. The molecule has 0 saturated heterocycles. The number of fused-ring (bicyclic) bond motifs is 1. The normalized spacial score (nSPS) is 38.9. The summed E-state index contributed by atoms with van der Waals surface area (Å²) in [7, 11) is 0. The van der Waals surface area contributed by atoms with Gasteiger partial charge in [0.2, 0.25) is 0 Å². The van der Waals surface area contributed by atoms with Crippen LogP contribution in [0.5, 0.6) is 0 Å². The average molecular weight is 218 g/mol. The number of aldehydes is 1. The van der Waals surface area contributed by atoms with Crippen LogP contribution in [0.4, 0.5) is 0 Å². The van der Waals surface area contributed by atoms with Gasteiger partial charge in [0.15, 0.2) is 0 Å². The molecule has 0 aromatic heterocycles. The number of hydrogen-bond acceptors (Lipinski definition) is 1. The van der Waals surface area contributed by atoms with Gasteiger partial charge in [-0.05, 0) is 61.3 Å². The fraction of sp³-hybridized carbons (Fsp3) is 0.667. The molecule has 0 aromatic rings. The minimum atomic E-state index is 0.408. The van der Waals surface area contributed by atoms with Gasteiger partial charge in [-0.3, -0.25) is 4.79 Å². The molecule has 1 nitrogen and oxygen atoms in total. The molecule has 2 saturated carbocycles. The predicted octanol–water partition coefficient (Wildman–Crippen LogP) is 3.90. The lowest BCUT2D eigenvalue weighted by molar-refractivity contribution is -0.105. The van der Waals surface area contributed by atoms with Crippen LogP contribution < -0.4 is 0 Å². The summed E-state index contributed by atoms with van der Waals surface area (Å²) in [5, 5.41) is 0. The maximum atomic E-state index is 10.8. The molecule has 3 atom stereocenters. The molecule has 0 aromatic carbocycles. The van der Waals surface area contributed by atoms with E-state index in [1.54, 1.807) is 0 Å². The summed E-state index contributed by atoms with van der Waals surface area (Å²) in [5.74, 6) is 1.03. The zero-order chi connectivity index (χ0) is 11.8. The van der Waals surface area contributed by atoms with Crippen LogP contribution in [0.25, 0.3) is 0 Å². The highest BCUT2D eigenvalue weighted by Crippen LogP contribution is 2.54. The molecule has 0 heterocycles. The van der Waals surface area contributed by atoms with Crippen molar-refractivity contribution in [2.45, 2.75) is 45.4 Å². The highest BCUT2D eigenvalue weighted by atomic mass is 16.1. The molecule has 0 radical (unpaired) electrons. The first-order chi connectivity index (χ1) is 7.57. The Kier molecular flexibility index (Phi) is 3.05. The van der Waals surface area contributed by atoms with Crippen molar-refractivity contribution >= 4 is 6.29 Å². The molecule has 2 rings (SSSR count). The molecule has 2 aliphatic carbocycles. The van der Waals surface area contributed by atoms with Gasteiger partial charge in [0.25, 0.3) is 0 Å². The summed E-state index contributed by atoms with van der Waals surface area (Å²) in [6.07, 6.45) is 8.22. The van der Waals surface area contributed by atoms with Crippen molar-refractivity contribution in [3.8, 4) is 0 Å². The number of carbonyl (C=O) groups excluding carboxylic acids is 1. The van der Waals surface area contributed by atoms with Crippen molar-refractivity contribution in [2.24, 2.45) is 17.3 Å². The Morgan fingerprint density at radius 2 is 2.25 bits per heavy atom. The number of rotatable bonds is 2. The van der Waals surface area contributed by atoms with Crippen LogP contribution >= 0.6 is 0 Å². The van der Waals surface area contributed by atoms with Gasteiger partial charge < -0.3 is 0 Å². The summed E-state index contributed by atoms with van der Waals surface area (Å²) in [6.45, 7) is 10.5. The summed E-state index contributed by atoms with van der Waals surface area (Å²) >= 11 is 0. The van der Waals surface area contributed by atoms with Crippen molar-refractivity contribution < 1.29 is 4.79 Å². The van der Waals surface area contributed by atoms with E-state index in [1.807, 2.05) is 0 Å². The zero-order valence-electron chi connectivity index (χ0n) is 10.3. The lowest BCUT2D eigenvalue weighted by Crippen LogP contribution is -2.38. The molecule has 88 valence electrons. The lowest BCUT2D eigenvalue weighted by Gasteiger charge is -2.48. The Morgan fingerprint density at radius 3 is 2.94 bits per heavy atom. The van der Waals surface area contributed by atoms with Crippen molar-refractivity contribution in [1.82, 2.24) is 0 Å². The van der Waals surface area contributed by atoms with Crippen LogP contribution in [-0.2, 0) is 4.79 Å². The van der Waals surface area contributed by atoms with Crippen LogP contribution in [0.2, 0.25) is 0 Å². The third-order valence-corrected chi connectivity index (χ3v) is 4.84. The molecule has 0 aliphatic heterocycles. The van der Waals surface area contributed by atoms with Crippen molar-refractivity contribution in [3.05, 3.63) is 24.3 Å². The molecular weight excluding hydrogens is 196 g/mol. The van der Waals surface area contributed by atoms with Crippen molar-refractivity contribution in [3.63, 3.8) is 0 Å². The van der Waals surface area contributed by atoms with Gasteiger partial charge in [0.05, 0.1) is 0 Å². The minimum Gasteiger partial charge on any atom is -0.298 e. The average Bonchev–Trinajstić information content (AvgIpc) is 2.27. The van der Waals surface area contributed by atoms with E-state index in [2.05, 4.69) is 20.1 Å². The van der Waals surface area contributed by atoms with Crippen LogP contribution in [0.1, 0.15) is 45.4 Å². The van der Waals surface area contributed by atoms with E-state index in [-0.39, 0.29) is 0 Å². The second-order valence-corrected chi connectivity index (χ2v) is 5.88. The summed E-state index contributed by atoms with van der Waals surface area (Å²) in [5.41, 5.74) is 2.66.